The van der Waals surface area contributed by atoms with E-state index in [2.05, 4.69) is 40.2 Å². The lowest BCUT2D eigenvalue weighted by Gasteiger charge is -2.44. The number of likely N-dealkylation sites (tertiary alicyclic amines) is 2. The zero-order chi connectivity index (χ0) is 22.4. The van der Waals surface area contributed by atoms with Crippen molar-refractivity contribution < 1.29 is 9.59 Å². The molecule has 2 aromatic rings. The maximum Gasteiger partial charge on any atom is 0.229 e. The minimum absolute atomic E-state index is 0.229. The van der Waals surface area contributed by atoms with E-state index in [0.717, 1.165) is 62.7 Å². The van der Waals surface area contributed by atoms with E-state index in [1.807, 2.05) is 24.1 Å². The number of rotatable bonds is 6. The van der Waals surface area contributed by atoms with Crippen LogP contribution >= 0.6 is 0 Å². The number of benzene rings is 1. The van der Waals surface area contributed by atoms with E-state index < -0.39 is 5.41 Å². The molecule has 0 unspecified atom stereocenters. The first-order valence-corrected chi connectivity index (χ1v) is 12.2. The number of carbonyl (C=O) groups excluding carboxylic acids is 2. The zero-order valence-electron chi connectivity index (χ0n) is 19.3. The SMILES string of the molecule is CCCC(=O)N1CCC(Cc2ccc(-c3cccnc3)cc2)(C(=O)N2CCCCC2)CC1. The maximum absolute atomic E-state index is 13.8. The number of hydrogen-bond donors (Lipinski definition) is 0. The van der Waals surface area contributed by atoms with Crippen LogP contribution < -0.4 is 0 Å². The largest absolute Gasteiger partial charge is 0.343 e. The Kier molecular flexibility index (Phi) is 7.23. The van der Waals surface area contributed by atoms with Gasteiger partial charge in [-0.15, -0.1) is 0 Å². The molecule has 2 aliphatic rings. The normalized spacial score (nSPS) is 18.4. The van der Waals surface area contributed by atoms with Gasteiger partial charge in [0.2, 0.25) is 11.8 Å². The number of aromatic nitrogens is 1. The molecule has 1 aromatic heterocycles. The first-order chi connectivity index (χ1) is 15.6. The molecule has 0 atom stereocenters. The predicted molar refractivity (Wildman–Crippen MR) is 127 cm³/mol. The third kappa shape index (κ3) is 5.03. The zero-order valence-corrected chi connectivity index (χ0v) is 19.3. The second-order valence-electron chi connectivity index (χ2n) is 9.38. The molecule has 0 bridgehead atoms. The first-order valence-electron chi connectivity index (χ1n) is 12.2. The van der Waals surface area contributed by atoms with Crippen LogP contribution in [0, 0.1) is 5.41 Å². The van der Waals surface area contributed by atoms with Gasteiger partial charge < -0.3 is 9.80 Å². The van der Waals surface area contributed by atoms with Crippen molar-refractivity contribution in [2.24, 2.45) is 5.41 Å². The van der Waals surface area contributed by atoms with Crippen LogP contribution in [0.3, 0.4) is 0 Å². The predicted octanol–water partition coefficient (Wildman–Crippen LogP) is 4.71. The van der Waals surface area contributed by atoms with Crippen molar-refractivity contribution in [1.82, 2.24) is 14.8 Å². The molecule has 5 nitrogen and oxygen atoms in total. The van der Waals surface area contributed by atoms with E-state index in [1.165, 1.54) is 12.0 Å². The molecule has 0 saturated carbocycles. The first kappa shape index (κ1) is 22.5. The Labute approximate surface area is 191 Å². The van der Waals surface area contributed by atoms with Gasteiger partial charge in [0, 0.05) is 45.0 Å². The Balaban J connectivity index is 1.53. The van der Waals surface area contributed by atoms with Gasteiger partial charge in [-0.25, -0.2) is 0 Å². The number of carbonyl (C=O) groups is 2. The third-order valence-electron chi connectivity index (χ3n) is 7.13. The van der Waals surface area contributed by atoms with Gasteiger partial charge in [-0.05, 0) is 67.7 Å². The molecule has 0 N–H and O–H groups in total. The van der Waals surface area contributed by atoms with Crippen molar-refractivity contribution >= 4 is 11.8 Å². The van der Waals surface area contributed by atoms with E-state index in [9.17, 15) is 9.59 Å². The lowest BCUT2D eigenvalue weighted by Crippen LogP contribution is -2.53. The number of pyridine rings is 1. The van der Waals surface area contributed by atoms with Crippen molar-refractivity contribution in [2.75, 3.05) is 26.2 Å². The van der Waals surface area contributed by atoms with Crippen LogP contribution in [0.4, 0.5) is 0 Å². The van der Waals surface area contributed by atoms with Gasteiger partial charge in [0.25, 0.3) is 0 Å². The smallest absolute Gasteiger partial charge is 0.229 e. The molecule has 1 aromatic carbocycles. The summed E-state index contributed by atoms with van der Waals surface area (Å²) in [4.78, 5) is 34.5. The lowest BCUT2D eigenvalue weighted by atomic mass is 9.72. The molecule has 4 rings (SSSR count). The molecular weight excluding hydrogens is 398 g/mol. The van der Waals surface area contributed by atoms with E-state index in [4.69, 9.17) is 0 Å². The maximum atomic E-state index is 13.8. The number of nitrogens with zero attached hydrogens (tertiary/aromatic N) is 3. The highest BCUT2D eigenvalue weighted by atomic mass is 16.2. The molecule has 2 amide bonds. The van der Waals surface area contributed by atoms with Gasteiger partial charge in [-0.1, -0.05) is 37.3 Å². The molecule has 5 heteroatoms. The Morgan fingerprint density at radius 2 is 1.62 bits per heavy atom. The Hall–Kier alpha value is -2.69. The van der Waals surface area contributed by atoms with Crippen molar-refractivity contribution in [1.29, 1.82) is 0 Å². The molecule has 2 fully saturated rings. The number of piperidine rings is 2. The van der Waals surface area contributed by atoms with Crippen molar-refractivity contribution in [3.8, 4) is 11.1 Å². The van der Waals surface area contributed by atoms with Gasteiger partial charge in [0.05, 0.1) is 5.41 Å². The fourth-order valence-corrected chi connectivity index (χ4v) is 5.19. The Morgan fingerprint density at radius 1 is 0.906 bits per heavy atom. The van der Waals surface area contributed by atoms with Gasteiger partial charge in [0.15, 0.2) is 0 Å². The van der Waals surface area contributed by atoms with Crippen LogP contribution in [0.25, 0.3) is 11.1 Å². The third-order valence-corrected chi connectivity index (χ3v) is 7.13. The van der Waals surface area contributed by atoms with Crippen LogP contribution in [0.1, 0.15) is 57.4 Å². The number of hydrogen-bond acceptors (Lipinski definition) is 3. The highest BCUT2D eigenvalue weighted by molar-refractivity contribution is 5.84. The molecular formula is C27H35N3O2. The summed E-state index contributed by atoms with van der Waals surface area (Å²) in [6.45, 7) is 5.16. The van der Waals surface area contributed by atoms with Gasteiger partial charge >= 0.3 is 0 Å². The molecule has 2 aliphatic heterocycles. The minimum Gasteiger partial charge on any atom is -0.343 e. The quantitative estimate of drug-likeness (QED) is 0.663. The monoisotopic (exact) mass is 433 g/mol. The Morgan fingerprint density at radius 3 is 2.25 bits per heavy atom. The molecule has 0 spiro atoms. The highest BCUT2D eigenvalue weighted by Crippen LogP contribution is 2.38. The average Bonchev–Trinajstić information content (AvgIpc) is 2.86. The minimum atomic E-state index is -0.407. The summed E-state index contributed by atoms with van der Waals surface area (Å²) in [5, 5.41) is 0. The topological polar surface area (TPSA) is 53.5 Å². The molecule has 0 aliphatic carbocycles. The molecule has 32 heavy (non-hydrogen) atoms. The van der Waals surface area contributed by atoms with Crippen LogP contribution in [0.2, 0.25) is 0 Å². The second-order valence-corrected chi connectivity index (χ2v) is 9.38. The fraction of sp³-hybridized carbons (Fsp3) is 0.519. The van der Waals surface area contributed by atoms with Gasteiger partial charge in [-0.3, -0.25) is 14.6 Å². The van der Waals surface area contributed by atoms with E-state index in [0.29, 0.717) is 25.4 Å². The highest BCUT2D eigenvalue weighted by Gasteiger charge is 2.44. The van der Waals surface area contributed by atoms with Crippen molar-refractivity contribution in [2.45, 2.75) is 58.3 Å². The summed E-state index contributed by atoms with van der Waals surface area (Å²) in [6, 6.07) is 12.6. The summed E-state index contributed by atoms with van der Waals surface area (Å²) < 4.78 is 0. The molecule has 0 radical (unpaired) electrons. The molecule has 2 saturated heterocycles. The van der Waals surface area contributed by atoms with Crippen molar-refractivity contribution in [3.63, 3.8) is 0 Å². The lowest BCUT2D eigenvalue weighted by molar-refractivity contribution is -0.149. The second kappa shape index (κ2) is 10.3. The van der Waals surface area contributed by atoms with E-state index in [1.54, 1.807) is 6.20 Å². The standard InChI is InChI=1S/C27H35N3O2/c1-2-7-25(31)29-18-13-27(14-19-29,26(32)30-16-4-3-5-17-30)20-22-9-11-23(12-10-22)24-8-6-15-28-21-24/h6,8-12,15,21H,2-5,7,13-14,16-20H2,1H3. The van der Waals surface area contributed by atoms with E-state index >= 15 is 0 Å². The summed E-state index contributed by atoms with van der Waals surface area (Å²) >= 11 is 0. The average molecular weight is 434 g/mol. The Bertz CT molecular complexity index is 896. The van der Waals surface area contributed by atoms with Crippen LogP contribution in [-0.4, -0.2) is 52.8 Å². The van der Waals surface area contributed by atoms with Crippen LogP contribution in [0.15, 0.2) is 48.8 Å². The molecule has 3 heterocycles. The van der Waals surface area contributed by atoms with Crippen LogP contribution in [0.5, 0.6) is 0 Å². The van der Waals surface area contributed by atoms with Crippen molar-refractivity contribution in [3.05, 3.63) is 54.4 Å². The van der Waals surface area contributed by atoms with Gasteiger partial charge in [0.1, 0.15) is 0 Å². The molecule has 170 valence electrons. The van der Waals surface area contributed by atoms with Gasteiger partial charge in [-0.2, -0.15) is 0 Å². The number of amides is 2. The summed E-state index contributed by atoms with van der Waals surface area (Å²) in [5.74, 6) is 0.531. The van der Waals surface area contributed by atoms with E-state index in [-0.39, 0.29) is 5.91 Å². The summed E-state index contributed by atoms with van der Waals surface area (Å²) in [7, 11) is 0. The summed E-state index contributed by atoms with van der Waals surface area (Å²) in [5.41, 5.74) is 3.02. The summed E-state index contributed by atoms with van der Waals surface area (Å²) in [6.07, 6.45) is 10.8. The van der Waals surface area contributed by atoms with Crippen LogP contribution in [-0.2, 0) is 16.0 Å². The fourth-order valence-electron chi connectivity index (χ4n) is 5.19.